The summed E-state index contributed by atoms with van der Waals surface area (Å²) >= 11 is 1.78. The van der Waals surface area contributed by atoms with Crippen molar-refractivity contribution >= 4 is 17.1 Å². The highest BCUT2D eigenvalue weighted by molar-refractivity contribution is 7.14. The quantitative estimate of drug-likeness (QED) is 0.572. The molecule has 0 N–H and O–H groups in total. The van der Waals surface area contributed by atoms with Gasteiger partial charge in [-0.25, -0.2) is 0 Å². The van der Waals surface area contributed by atoms with Crippen LogP contribution in [0.4, 0.5) is 0 Å². The largest absolute Gasteiger partial charge is 0.293 e. The molecule has 0 amide bonds. The number of thiophene rings is 1. The molecule has 0 bridgehead atoms. The van der Waals surface area contributed by atoms with E-state index in [0.717, 1.165) is 11.3 Å². The number of hydrogen-bond acceptors (Lipinski definition) is 2. The van der Waals surface area contributed by atoms with Crippen LogP contribution in [0.1, 0.15) is 65.1 Å². The predicted octanol–water partition coefficient (Wildman–Crippen LogP) is 4.39. The number of ketones is 1. The van der Waals surface area contributed by atoms with Gasteiger partial charge in [-0.05, 0) is 43.2 Å². The summed E-state index contributed by atoms with van der Waals surface area (Å²) in [6, 6.07) is 2.20. The van der Waals surface area contributed by atoms with Gasteiger partial charge in [0.2, 0.25) is 0 Å². The highest BCUT2D eigenvalue weighted by atomic mass is 32.1. The molecule has 1 aromatic heterocycles. The van der Waals surface area contributed by atoms with E-state index >= 15 is 0 Å². The minimum atomic E-state index is 0.410. The van der Waals surface area contributed by atoms with E-state index in [-0.39, 0.29) is 0 Å². The molecule has 1 aromatic rings. The van der Waals surface area contributed by atoms with Crippen LogP contribution in [0.15, 0.2) is 6.07 Å². The Balaban J connectivity index is 1.72. The molecule has 1 nitrogen and oxygen atoms in total. The summed E-state index contributed by atoms with van der Waals surface area (Å²) in [5.74, 6) is 1.11. The Labute approximate surface area is 107 Å². The number of carbonyl (C=O) groups is 1. The van der Waals surface area contributed by atoms with Gasteiger partial charge in [0.1, 0.15) is 0 Å². The van der Waals surface area contributed by atoms with Crippen LogP contribution in [-0.4, -0.2) is 5.78 Å². The van der Waals surface area contributed by atoms with Crippen LogP contribution in [0.3, 0.4) is 0 Å². The highest BCUT2D eigenvalue weighted by Crippen LogP contribution is 2.34. The average Bonchev–Trinajstić information content (AvgIpc) is 2.55. The highest BCUT2D eigenvalue weighted by Gasteiger charge is 2.23. The van der Waals surface area contributed by atoms with Crippen molar-refractivity contribution in [2.24, 2.45) is 5.92 Å². The minimum Gasteiger partial charge on any atom is -0.293 e. The van der Waals surface area contributed by atoms with Crippen LogP contribution in [-0.2, 0) is 12.8 Å². The zero-order valence-electron chi connectivity index (χ0n) is 10.3. The van der Waals surface area contributed by atoms with E-state index in [1.54, 1.807) is 11.3 Å². The fourth-order valence-electron chi connectivity index (χ4n) is 2.86. The lowest BCUT2D eigenvalue weighted by Gasteiger charge is -2.23. The van der Waals surface area contributed by atoms with Gasteiger partial charge >= 0.3 is 0 Å². The van der Waals surface area contributed by atoms with Gasteiger partial charge in [-0.15, -0.1) is 11.3 Å². The van der Waals surface area contributed by atoms with Crippen molar-refractivity contribution in [3.63, 3.8) is 0 Å². The van der Waals surface area contributed by atoms with Gasteiger partial charge in [0.15, 0.2) is 5.78 Å². The number of hydrogen-bond donors (Lipinski definition) is 0. The SMILES string of the molecule is O=C(CC1CCC1)c1cc2c(s1)CCCCC2. The minimum absolute atomic E-state index is 0.410. The van der Waals surface area contributed by atoms with Gasteiger partial charge in [0.25, 0.3) is 0 Å². The second kappa shape index (κ2) is 4.93. The Kier molecular flexibility index (Phi) is 3.32. The van der Waals surface area contributed by atoms with Crippen molar-refractivity contribution in [3.05, 3.63) is 21.4 Å². The summed E-state index contributed by atoms with van der Waals surface area (Å²) in [5.41, 5.74) is 1.48. The zero-order chi connectivity index (χ0) is 11.7. The molecule has 2 aliphatic carbocycles. The summed E-state index contributed by atoms with van der Waals surface area (Å²) in [5, 5.41) is 0. The lowest BCUT2D eigenvalue weighted by atomic mass is 9.81. The molecule has 0 atom stereocenters. The van der Waals surface area contributed by atoms with E-state index in [1.807, 2.05) is 0 Å². The molecule has 17 heavy (non-hydrogen) atoms. The topological polar surface area (TPSA) is 17.1 Å². The van der Waals surface area contributed by atoms with E-state index in [1.165, 1.54) is 61.8 Å². The molecule has 1 saturated carbocycles. The fraction of sp³-hybridized carbons (Fsp3) is 0.667. The molecular formula is C15H20OS. The number of Topliss-reactive ketones (excluding diaryl/α,β-unsaturated/α-hetero) is 1. The zero-order valence-corrected chi connectivity index (χ0v) is 11.2. The molecule has 0 aromatic carbocycles. The third kappa shape index (κ3) is 2.47. The van der Waals surface area contributed by atoms with Crippen molar-refractivity contribution in [2.75, 3.05) is 0 Å². The Morgan fingerprint density at radius 2 is 2.00 bits per heavy atom. The van der Waals surface area contributed by atoms with Crippen LogP contribution >= 0.6 is 11.3 Å². The van der Waals surface area contributed by atoms with Crippen LogP contribution in [0.5, 0.6) is 0 Å². The second-order valence-electron chi connectivity index (χ2n) is 5.54. The summed E-state index contributed by atoms with van der Waals surface area (Å²) in [6.07, 6.45) is 11.1. The Morgan fingerprint density at radius 1 is 1.18 bits per heavy atom. The number of aryl methyl sites for hydroxylation is 2. The first-order valence-corrected chi connectivity index (χ1v) is 7.79. The third-order valence-corrected chi connectivity index (χ3v) is 5.50. The Morgan fingerprint density at radius 3 is 2.76 bits per heavy atom. The lowest BCUT2D eigenvalue weighted by molar-refractivity contribution is 0.0940. The van der Waals surface area contributed by atoms with E-state index in [2.05, 4.69) is 6.07 Å². The average molecular weight is 248 g/mol. The van der Waals surface area contributed by atoms with Crippen LogP contribution in [0, 0.1) is 5.92 Å². The monoisotopic (exact) mass is 248 g/mol. The molecular weight excluding hydrogens is 228 g/mol. The van der Waals surface area contributed by atoms with Gasteiger partial charge in [-0.1, -0.05) is 25.7 Å². The van der Waals surface area contributed by atoms with E-state index in [4.69, 9.17) is 0 Å². The van der Waals surface area contributed by atoms with E-state index < -0.39 is 0 Å². The molecule has 1 fully saturated rings. The molecule has 0 radical (unpaired) electrons. The summed E-state index contributed by atoms with van der Waals surface area (Å²) < 4.78 is 0. The predicted molar refractivity (Wildman–Crippen MR) is 71.9 cm³/mol. The summed E-state index contributed by atoms with van der Waals surface area (Å²) in [6.45, 7) is 0. The lowest BCUT2D eigenvalue weighted by Crippen LogP contribution is -2.15. The van der Waals surface area contributed by atoms with E-state index in [9.17, 15) is 4.79 Å². The number of carbonyl (C=O) groups excluding carboxylic acids is 1. The molecule has 2 heteroatoms. The van der Waals surface area contributed by atoms with Gasteiger partial charge in [0, 0.05) is 11.3 Å². The maximum atomic E-state index is 12.2. The maximum absolute atomic E-state index is 12.2. The van der Waals surface area contributed by atoms with Crippen LogP contribution < -0.4 is 0 Å². The standard InChI is InChI=1S/C15H20OS/c16-13(9-11-5-4-6-11)15-10-12-7-2-1-3-8-14(12)17-15/h10-11H,1-9H2. The second-order valence-corrected chi connectivity index (χ2v) is 6.68. The Bertz CT molecular complexity index is 391. The molecule has 2 aliphatic rings. The first-order chi connectivity index (χ1) is 8.33. The number of fused-ring (bicyclic) bond motifs is 1. The third-order valence-electron chi connectivity index (χ3n) is 4.22. The van der Waals surface area contributed by atoms with Gasteiger partial charge < -0.3 is 0 Å². The van der Waals surface area contributed by atoms with Gasteiger partial charge in [-0.2, -0.15) is 0 Å². The van der Waals surface area contributed by atoms with Crippen molar-refractivity contribution in [1.82, 2.24) is 0 Å². The molecule has 3 rings (SSSR count). The summed E-state index contributed by atoms with van der Waals surface area (Å²) in [7, 11) is 0. The molecule has 92 valence electrons. The molecule has 0 saturated heterocycles. The van der Waals surface area contributed by atoms with Gasteiger partial charge in [0.05, 0.1) is 4.88 Å². The molecule has 1 heterocycles. The van der Waals surface area contributed by atoms with Crippen molar-refractivity contribution in [3.8, 4) is 0 Å². The van der Waals surface area contributed by atoms with Crippen molar-refractivity contribution in [1.29, 1.82) is 0 Å². The maximum Gasteiger partial charge on any atom is 0.173 e. The van der Waals surface area contributed by atoms with Crippen molar-refractivity contribution in [2.45, 2.75) is 57.8 Å². The van der Waals surface area contributed by atoms with Gasteiger partial charge in [-0.3, -0.25) is 4.79 Å². The molecule has 0 unspecified atom stereocenters. The normalized spacial score (nSPS) is 20.5. The van der Waals surface area contributed by atoms with E-state index in [0.29, 0.717) is 11.7 Å². The fourth-order valence-corrected chi connectivity index (χ4v) is 4.07. The molecule has 0 aliphatic heterocycles. The first-order valence-electron chi connectivity index (χ1n) is 6.98. The van der Waals surface area contributed by atoms with Crippen LogP contribution in [0.2, 0.25) is 0 Å². The first kappa shape index (κ1) is 11.5. The molecule has 0 spiro atoms. The summed E-state index contributed by atoms with van der Waals surface area (Å²) in [4.78, 5) is 14.7. The Hall–Kier alpha value is -0.630. The van der Waals surface area contributed by atoms with Crippen LogP contribution in [0.25, 0.3) is 0 Å². The smallest absolute Gasteiger partial charge is 0.173 e. The van der Waals surface area contributed by atoms with Crippen molar-refractivity contribution < 1.29 is 4.79 Å². The number of rotatable bonds is 3.